The Balaban J connectivity index is 0.000000605. The second-order valence-electron chi connectivity index (χ2n) is 3.26. The van der Waals surface area contributed by atoms with Gasteiger partial charge in [-0.05, 0) is 12.8 Å². The molecule has 0 aromatic rings. The number of aliphatic hydroxyl groups excluding tert-OH is 1. The molecule has 2 N–H and O–H groups in total. The van der Waals surface area contributed by atoms with Gasteiger partial charge in [0, 0.05) is 19.2 Å². The molecule has 2 rings (SSSR count). The highest BCUT2D eigenvalue weighted by molar-refractivity contribution is 5.85. The van der Waals surface area contributed by atoms with E-state index in [0.717, 1.165) is 26.0 Å². The molecular weight excluding hydrogens is 166 g/mol. The van der Waals surface area contributed by atoms with E-state index >= 15 is 0 Å². The fourth-order valence-corrected chi connectivity index (χ4v) is 1.82. The molecule has 2 heterocycles. The van der Waals surface area contributed by atoms with Crippen LogP contribution in [0.1, 0.15) is 12.8 Å². The normalized spacial score (nSPS) is 41.7. The first-order valence-corrected chi connectivity index (χ1v) is 3.83. The molecule has 2 atom stereocenters. The average molecular weight is 180 g/mol. The highest BCUT2D eigenvalue weighted by Crippen LogP contribution is 2.29. The minimum Gasteiger partial charge on any atom is -0.393 e. The van der Waals surface area contributed by atoms with Gasteiger partial charge in [-0.1, -0.05) is 0 Å². The second kappa shape index (κ2) is 3.27. The van der Waals surface area contributed by atoms with Crippen LogP contribution < -0.4 is 5.32 Å². The molecule has 66 valence electrons. The molecule has 2 aliphatic rings. The summed E-state index contributed by atoms with van der Waals surface area (Å²) >= 11 is 0. The van der Waals surface area contributed by atoms with Gasteiger partial charge < -0.3 is 15.2 Å². The number of ether oxygens (including phenoxy) is 1. The summed E-state index contributed by atoms with van der Waals surface area (Å²) in [6.07, 6.45) is 2.09. The molecule has 0 spiro atoms. The maximum Gasteiger partial charge on any atom is 0.105 e. The van der Waals surface area contributed by atoms with E-state index in [4.69, 9.17) is 9.84 Å². The number of hydrogen-bond donors (Lipinski definition) is 2. The van der Waals surface area contributed by atoms with Crippen LogP contribution in [0, 0.1) is 0 Å². The zero-order valence-corrected chi connectivity index (χ0v) is 7.19. The monoisotopic (exact) mass is 179 g/mol. The fourth-order valence-electron chi connectivity index (χ4n) is 1.82. The molecule has 4 heteroatoms. The van der Waals surface area contributed by atoms with Crippen molar-refractivity contribution in [3.63, 3.8) is 0 Å². The van der Waals surface area contributed by atoms with E-state index in [9.17, 15) is 0 Å². The van der Waals surface area contributed by atoms with E-state index in [1.54, 1.807) is 0 Å². The largest absolute Gasteiger partial charge is 0.393 e. The van der Waals surface area contributed by atoms with Gasteiger partial charge in [0.15, 0.2) is 0 Å². The molecule has 0 amide bonds. The molecule has 2 fully saturated rings. The van der Waals surface area contributed by atoms with Gasteiger partial charge in [0.1, 0.15) is 5.60 Å². The van der Waals surface area contributed by atoms with Gasteiger partial charge >= 0.3 is 0 Å². The molecule has 2 aliphatic heterocycles. The lowest BCUT2D eigenvalue weighted by atomic mass is 9.97. The van der Waals surface area contributed by atoms with Crippen LogP contribution in [0.4, 0.5) is 0 Å². The number of hydrogen-bond acceptors (Lipinski definition) is 3. The van der Waals surface area contributed by atoms with Crippen LogP contribution in [0.2, 0.25) is 0 Å². The summed E-state index contributed by atoms with van der Waals surface area (Å²) in [5.41, 5.74) is -0.219. The van der Waals surface area contributed by atoms with Gasteiger partial charge in [-0.3, -0.25) is 0 Å². The zero-order chi connectivity index (χ0) is 7.03. The predicted molar refractivity (Wildman–Crippen MR) is 44.0 cm³/mol. The number of aliphatic hydroxyl groups is 1. The molecule has 2 saturated heterocycles. The predicted octanol–water partition coefficient (Wildman–Crippen LogP) is -0.0785. The van der Waals surface area contributed by atoms with Crippen molar-refractivity contribution in [1.29, 1.82) is 0 Å². The van der Waals surface area contributed by atoms with Crippen molar-refractivity contribution in [2.75, 3.05) is 19.8 Å². The summed E-state index contributed by atoms with van der Waals surface area (Å²) < 4.78 is 5.49. The summed E-state index contributed by atoms with van der Waals surface area (Å²) in [6, 6.07) is 0.598. The van der Waals surface area contributed by atoms with Crippen molar-refractivity contribution in [3.05, 3.63) is 0 Å². The minimum absolute atomic E-state index is 0. The van der Waals surface area contributed by atoms with E-state index in [2.05, 4.69) is 5.32 Å². The summed E-state index contributed by atoms with van der Waals surface area (Å²) in [7, 11) is 0. The van der Waals surface area contributed by atoms with Gasteiger partial charge in [0.05, 0.1) is 6.61 Å². The highest BCUT2D eigenvalue weighted by atomic mass is 35.5. The number of nitrogens with one attached hydrogen (secondary N) is 1. The Hall–Kier alpha value is 0.170. The Morgan fingerprint density at radius 3 is 3.09 bits per heavy atom. The lowest BCUT2D eigenvalue weighted by Crippen LogP contribution is -2.40. The van der Waals surface area contributed by atoms with Gasteiger partial charge in [-0.25, -0.2) is 0 Å². The molecule has 0 aliphatic carbocycles. The Morgan fingerprint density at radius 2 is 2.45 bits per heavy atom. The lowest BCUT2D eigenvalue weighted by molar-refractivity contribution is -0.0823. The molecule has 0 radical (unpaired) electrons. The molecule has 0 saturated carbocycles. The Bertz CT molecular complexity index is 140. The van der Waals surface area contributed by atoms with Crippen LogP contribution in [-0.2, 0) is 4.74 Å². The summed E-state index contributed by atoms with van der Waals surface area (Å²) in [5.74, 6) is 0. The van der Waals surface area contributed by atoms with Crippen LogP contribution in [-0.4, -0.2) is 36.5 Å². The SMILES string of the molecule is Cl.OCC12CNC(CCO1)C2. The van der Waals surface area contributed by atoms with Crippen molar-refractivity contribution in [3.8, 4) is 0 Å². The first-order valence-electron chi connectivity index (χ1n) is 3.83. The zero-order valence-electron chi connectivity index (χ0n) is 6.38. The van der Waals surface area contributed by atoms with Crippen LogP contribution in [0.25, 0.3) is 0 Å². The van der Waals surface area contributed by atoms with Gasteiger partial charge in [0.2, 0.25) is 0 Å². The summed E-state index contributed by atoms with van der Waals surface area (Å²) in [6.45, 7) is 1.79. The Labute approximate surface area is 72.5 Å². The van der Waals surface area contributed by atoms with Crippen molar-refractivity contribution in [2.45, 2.75) is 24.5 Å². The molecule has 2 unspecified atom stereocenters. The molecule has 2 bridgehead atoms. The average Bonchev–Trinajstić information content (AvgIpc) is 2.29. The van der Waals surface area contributed by atoms with Crippen molar-refractivity contribution < 1.29 is 9.84 Å². The van der Waals surface area contributed by atoms with E-state index in [1.165, 1.54) is 0 Å². The van der Waals surface area contributed by atoms with Crippen molar-refractivity contribution >= 4 is 12.4 Å². The highest BCUT2D eigenvalue weighted by Gasteiger charge is 2.42. The standard InChI is InChI=1S/C7H13NO2.ClH/c9-5-7-3-6(8-4-7)1-2-10-7;/h6,8-9H,1-5H2;1H. The molecule has 3 nitrogen and oxygen atoms in total. The van der Waals surface area contributed by atoms with Gasteiger partial charge in [-0.15, -0.1) is 12.4 Å². The molecule has 11 heavy (non-hydrogen) atoms. The maximum atomic E-state index is 9.00. The van der Waals surface area contributed by atoms with Crippen molar-refractivity contribution in [2.24, 2.45) is 0 Å². The van der Waals surface area contributed by atoms with Crippen molar-refractivity contribution in [1.82, 2.24) is 5.32 Å². The molecule has 0 aromatic carbocycles. The van der Waals surface area contributed by atoms with Gasteiger partial charge in [0.25, 0.3) is 0 Å². The first kappa shape index (κ1) is 9.26. The van der Waals surface area contributed by atoms with E-state index in [1.807, 2.05) is 0 Å². The third kappa shape index (κ3) is 1.51. The van der Waals surface area contributed by atoms with Crippen LogP contribution in [0.3, 0.4) is 0 Å². The maximum absolute atomic E-state index is 9.00. The molecular formula is C7H14ClNO2. The second-order valence-corrected chi connectivity index (χ2v) is 3.26. The summed E-state index contributed by atoms with van der Waals surface area (Å²) in [4.78, 5) is 0. The van der Waals surface area contributed by atoms with E-state index < -0.39 is 0 Å². The third-order valence-corrected chi connectivity index (χ3v) is 2.49. The van der Waals surface area contributed by atoms with E-state index in [0.29, 0.717) is 6.04 Å². The van der Waals surface area contributed by atoms with E-state index in [-0.39, 0.29) is 24.6 Å². The molecule has 0 aromatic heterocycles. The topological polar surface area (TPSA) is 41.5 Å². The van der Waals surface area contributed by atoms with Crippen LogP contribution in [0.5, 0.6) is 0 Å². The fraction of sp³-hybridized carbons (Fsp3) is 1.00. The number of halogens is 1. The van der Waals surface area contributed by atoms with Crippen LogP contribution >= 0.6 is 12.4 Å². The first-order chi connectivity index (χ1) is 4.85. The lowest BCUT2D eigenvalue weighted by Gasteiger charge is -2.30. The number of fused-ring (bicyclic) bond motifs is 2. The quantitative estimate of drug-likeness (QED) is 0.592. The smallest absolute Gasteiger partial charge is 0.105 e. The Morgan fingerprint density at radius 1 is 1.64 bits per heavy atom. The Kier molecular flexibility index (Phi) is 2.75. The summed E-state index contributed by atoms with van der Waals surface area (Å²) in [5, 5.41) is 12.3. The van der Waals surface area contributed by atoms with Gasteiger partial charge in [-0.2, -0.15) is 0 Å². The minimum atomic E-state index is -0.219. The third-order valence-electron chi connectivity index (χ3n) is 2.49. The number of rotatable bonds is 1. The van der Waals surface area contributed by atoms with Crippen LogP contribution in [0.15, 0.2) is 0 Å².